The van der Waals surface area contributed by atoms with Crippen LogP contribution in [0.1, 0.15) is 50.1 Å². The number of hydrogen-bond acceptors (Lipinski definition) is 4. The van der Waals surface area contributed by atoms with Crippen LogP contribution in [-0.2, 0) is 0 Å². The predicted octanol–water partition coefficient (Wildman–Crippen LogP) is 2.76. The van der Waals surface area contributed by atoms with Crippen molar-refractivity contribution in [3.63, 3.8) is 0 Å². The molecular formula is C16H23NO3. The summed E-state index contributed by atoms with van der Waals surface area (Å²) in [5, 5.41) is 13.3. The van der Waals surface area contributed by atoms with E-state index in [1.54, 1.807) is 0 Å². The molecule has 4 heteroatoms. The first-order valence-corrected chi connectivity index (χ1v) is 7.63. The zero-order chi connectivity index (χ0) is 13.8. The minimum atomic E-state index is -0.0207. The van der Waals surface area contributed by atoms with Crippen LogP contribution < -0.4 is 14.8 Å². The molecule has 2 aliphatic rings. The summed E-state index contributed by atoms with van der Waals surface area (Å²) >= 11 is 0. The first-order valence-electron chi connectivity index (χ1n) is 7.63. The van der Waals surface area contributed by atoms with Crippen LogP contribution in [-0.4, -0.2) is 24.5 Å². The Morgan fingerprint density at radius 3 is 2.60 bits per heavy atom. The van der Waals surface area contributed by atoms with Gasteiger partial charge in [0.2, 0.25) is 6.79 Å². The van der Waals surface area contributed by atoms with Gasteiger partial charge in [-0.15, -0.1) is 0 Å². The second-order valence-corrected chi connectivity index (χ2v) is 5.70. The Morgan fingerprint density at radius 2 is 1.85 bits per heavy atom. The lowest BCUT2D eigenvalue weighted by atomic mass is 10.0. The van der Waals surface area contributed by atoms with Crippen molar-refractivity contribution in [1.82, 2.24) is 5.32 Å². The zero-order valence-corrected chi connectivity index (χ0v) is 11.8. The number of aliphatic hydroxyl groups excluding tert-OH is 1. The second-order valence-electron chi connectivity index (χ2n) is 5.70. The van der Waals surface area contributed by atoms with Gasteiger partial charge < -0.3 is 19.9 Å². The molecule has 1 aliphatic heterocycles. The average Bonchev–Trinajstić information content (AvgIpc) is 2.79. The molecule has 0 spiro atoms. The number of aliphatic hydroxyl groups is 1. The Balaban J connectivity index is 1.69. The molecule has 1 fully saturated rings. The van der Waals surface area contributed by atoms with Crippen LogP contribution in [0.4, 0.5) is 0 Å². The highest BCUT2D eigenvalue weighted by Gasteiger charge is 2.20. The van der Waals surface area contributed by atoms with Crippen LogP contribution in [0.5, 0.6) is 11.5 Å². The summed E-state index contributed by atoms with van der Waals surface area (Å²) in [5.74, 6) is 1.57. The molecule has 1 aromatic rings. The van der Waals surface area contributed by atoms with Crippen LogP contribution >= 0.6 is 0 Å². The number of nitrogens with one attached hydrogen (secondary N) is 1. The van der Waals surface area contributed by atoms with E-state index in [1.807, 2.05) is 18.2 Å². The molecule has 0 radical (unpaired) electrons. The SMILES string of the molecule is OCC(NC1CCCCCC1)c1ccc2c(c1)OCO2. The maximum atomic E-state index is 9.69. The third-order valence-electron chi connectivity index (χ3n) is 4.27. The van der Waals surface area contributed by atoms with Crippen molar-refractivity contribution in [2.45, 2.75) is 50.6 Å². The highest BCUT2D eigenvalue weighted by atomic mass is 16.7. The van der Waals surface area contributed by atoms with E-state index < -0.39 is 0 Å². The third kappa shape index (κ3) is 3.07. The molecule has 3 rings (SSSR count). The van der Waals surface area contributed by atoms with Crippen LogP contribution in [0, 0.1) is 0 Å². The van der Waals surface area contributed by atoms with Gasteiger partial charge in [0, 0.05) is 6.04 Å². The quantitative estimate of drug-likeness (QED) is 0.831. The predicted molar refractivity (Wildman–Crippen MR) is 77.0 cm³/mol. The maximum absolute atomic E-state index is 9.69. The topological polar surface area (TPSA) is 50.7 Å². The van der Waals surface area contributed by atoms with E-state index in [0.29, 0.717) is 12.8 Å². The van der Waals surface area contributed by atoms with E-state index in [0.717, 1.165) is 17.1 Å². The fraction of sp³-hybridized carbons (Fsp3) is 0.625. The van der Waals surface area contributed by atoms with Crippen molar-refractivity contribution >= 4 is 0 Å². The summed E-state index contributed by atoms with van der Waals surface area (Å²) in [7, 11) is 0. The molecule has 1 aromatic carbocycles. The summed E-state index contributed by atoms with van der Waals surface area (Å²) in [5.41, 5.74) is 1.07. The fourth-order valence-electron chi connectivity index (χ4n) is 3.11. The van der Waals surface area contributed by atoms with Gasteiger partial charge in [-0.1, -0.05) is 31.7 Å². The Morgan fingerprint density at radius 1 is 1.10 bits per heavy atom. The summed E-state index contributed by atoms with van der Waals surface area (Å²) in [4.78, 5) is 0. The molecule has 0 aromatic heterocycles. The van der Waals surface area contributed by atoms with Gasteiger partial charge in [0.05, 0.1) is 12.6 Å². The Hall–Kier alpha value is -1.26. The van der Waals surface area contributed by atoms with Gasteiger partial charge in [-0.25, -0.2) is 0 Å². The molecule has 4 nitrogen and oxygen atoms in total. The summed E-state index contributed by atoms with van der Waals surface area (Å²) in [6, 6.07) is 6.41. The number of hydrogen-bond donors (Lipinski definition) is 2. The fourth-order valence-corrected chi connectivity index (χ4v) is 3.11. The summed E-state index contributed by atoms with van der Waals surface area (Å²) in [6.07, 6.45) is 7.67. The largest absolute Gasteiger partial charge is 0.454 e. The van der Waals surface area contributed by atoms with Gasteiger partial charge in [0.15, 0.2) is 11.5 Å². The first kappa shape index (κ1) is 13.7. The number of benzene rings is 1. The van der Waals surface area contributed by atoms with Gasteiger partial charge in [0.25, 0.3) is 0 Å². The lowest BCUT2D eigenvalue weighted by Crippen LogP contribution is -2.34. The smallest absolute Gasteiger partial charge is 0.231 e. The number of rotatable bonds is 4. The zero-order valence-electron chi connectivity index (χ0n) is 11.8. The molecule has 1 unspecified atom stereocenters. The van der Waals surface area contributed by atoms with E-state index in [4.69, 9.17) is 9.47 Å². The molecule has 2 N–H and O–H groups in total. The third-order valence-corrected chi connectivity index (χ3v) is 4.27. The van der Waals surface area contributed by atoms with Crippen molar-refractivity contribution in [3.05, 3.63) is 23.8 Å². The average molecular weight is 277 g/mol. The van der Waals surface area contributed by atoms with Crippen molar-refractivity contribution in [2.24, 2.45) is 0 Å². The molecule has 0 bridgehead atoms. The van der Waals surface area contributed by atoms with E-state index in [-0.39, 0.29) is 12.6 Å². The van der Waals surface area contributed by atoms with Crippen molar-refractivity contribution in [1.29, 1.82) is 0 Å². The minimum absolute atomic E-state index is 0.0207. The van der Waals surface area contributed by atoms with Crippen LogP contribution in [0.2, 0.25) is 0 Å². The summed E-state index contributed by atoms with van der Waals surface area (Å²) < 4.78 is 10.7. The van der Waals surface area contributed by atoms with Crippen molar-refractivity contribution in [3.8, 4) is 11.5 Å². The van der Waals surface area contributed by atoms with Crippen LogP contribution in [0.25, 0.3) is 0 Å². The van der Waals surface area contributed by atoms with E-state index >= 15 is 0 Å². The van der Waals surface area contributed by atoms with E-state index in [2.05, 4.69) is 5.32 Å². The van der Waals surface area contributed by atoms with Gasteiger partial charge in [-0.3, -0.25) is 0 Å². The van der Waals surface area contributed by atoms with Crippen molar-refractivity contribution < 1.29 is 14.6 Å². The van der Waals surface area contributed by atoms with E-state index in [1.165, 1.54) is 38.5 Å². The highest BCUT2D eigenvalue weighted by Crippen LogP contribution is 2.34. The Labute approximate surface area is 120 Å². The highest BCUT2D eigenvalue weighted by molar-refractivity contribution is 5.45. The molecule has 0 amide bonds. The Kier molecular flexibility index (Phi) is 4.43. The molecule has 1 heterocycles. The number of fused-ring (bicyclic) bond motifs is 1. The van der Waals surface area contributed by atoms with Gasteiger partial charge in [-0.2, -0.15) is 0 Å². The van der Waals surface area contributed by atoms with Gasteiger partial charge in [-0.05, 0) is 30.5 Å². The van der Waals surface area contributed by atoms with Crippen molar-refractivity contribution in [2.75, 3.05) is 13.4 Å². The molecule has 0 saturated heterocycles. The first-order chi connectivity index (χ1) is 9.86. The lowest BCUT2D eigenvalue weighted by Gasteiger charge is -2.24. The minimum Gasteiger partial charge on any atom is -0.454 e. The van der Waals surface area contributed by atoms with E-state index in [9.17, 15) is 5.11 Å². The summed E-state index contributed by atoms with van der Waals surface area (Å²) in [6.45, 7) is 0.398. The molecule has 1 atom stereocenters. The molecule has 1 aliphatic carbocycles. The second kappa shape index (κ2) is 6.46. The molecule has 1 saturated carbocycles. The lowest BCUT2D eigenvalue weighted by molar-refractivity contribution is 0.174. The maximum Gasteiger partial charge on any atom is 0.231 e. The monoisotopic (exact) mass is 277 g/mol. The normalized spacial score (nSPS) is 20.6. The molecular weight excluding hydrogens is 254 g/mol. The van der Waals surface area contributed by atoms with Gasteiger partial charge >= 0.3 is 0 Å². The Bertz CT molecular complexity index is 441. The van der Waals surface area contributed by atoms with Crippen LogP contribution in [0.15, 0.2) is 18.2 Å². The number of ether oxygens (including phenoxy) is 2. The standard InChI is InChI=1S/C16H23NO3/c18-10-14(17-13-5-3-1-2-4-6-13)12-7-8-15-16(9-12)20-11-19-15/h7-9,13-14,17-18H,1-6,10-11H2. The molecule has 20 heavy (non-hydrogen) atoms. The van der Waals surface area contributed by atoms with Gasteiger partial charge in [0.1, 0.15) is 0 Å². The molecule has 110 valence electrons. The van der Waals surface area contributed by atoms with Crippen LogP contribution in [0.3, 0.4) is 0 Å².